The van der Waals surface area contributed by atoms with Crippen LogP contribution in [0.1, 0.15) is 16.8 Å². The van der Waals surface area contributed by atoms with Crippen molar-refractivity contribution in [1.82, 2.24) is 20.4 Å². The number of aromatic nitrogens is 2. The number of amides is 2. The molecule has 1 aliphatic heterocycles. The lowest BCUT2D eigenvalue weighted by Gasteiger charge is -2.27. The average molecular weight is 287 g/mol. The second-order valence-electron chi connectivity index (χ2n) is 5.22. The number of nitrogens with two attached hydrogens (primary N) is 1. The van der Waals surface area contributed by atoms with Crippen LogP contribution < -0.4 is 11.1 Å². The first kappa shape index (κ1) is 13.6. The van der Waals surface area contributed by atoms with Crippen molar-refractivity contribution in [1.29, 1.82) is 0 Å². The molecule has 1 aromatic carbocycles. The lowest BCUT2D eigenvalue weighted by atomic mass is 10.1. The summed E-state index contributed by atoms with van der Waals surface area (Å²) < 4.78 is 0. The number of primary amides is 1. The van der Waals surface area contributed by atoms with Crippen LogP contribution >= 0.6 is 0 Å². The first-order valence-electron chi connectivity index (χ1n) is 6.88. The van der Waals surface area contributed by atoms with Crippen molar-refractivity contribution in [3.8, 4) is 0 Å². The highest BCUT2D eigenvalue weighted by molar-refractivity contribution is 5.99. The third-order valence-corrected chi connectivity index (χ3v) is 3.75. The standard InChI is InChI=1S/C14H17N5O2/c15-13(20)8-19(11-3-4-16-7-11)14(21)9-1-2-10-6-17-18-12(10)5-9/h1-2,5-6,11,16H,3-4,7-8H2,(H2,15,20)(H,17,18). The van der Waals surface area contributed by atoms with E-state index in [1.165, 1.54) is 0 Å². The van der Waals surface area contributed by atoms with E-state index in [2.05, 4.69) is 15.5 Å². The van der Waals surface area contributed by atoms with E-state index in [-0.39, 0.29) is 18.5 Å². The molecule has 0 radical (unpaired) electrons. The minimum absolute atomic E-state index is 0.00228. The number of nitrogens with zero attached hydrogens (tertiary/aromatic N) is 2. The number of carbonyl (C=O) groups is 2. The molecule has 2 aromatic rings. The van der Waals surface area contributed by atoms with E-state index in [0.29, 0.717) is 12.1 Å². The number of benzene rings is 1. The van der Waals surface area contributed by atoms with E-state index >= 15 is 0 Å². The van der Waals surface area contributed by atoms with Crippen LogP contribution in [0.15, 0.2) is 24.4 Å². The van der Waals surface area contributed by atoms with Gasteiger partial charge in [-0.05, 0) is 25.1 Å². The number of hydrogen-bond donors (Lipinski definition) is 3. The SMILES string of the molecule is NC(=O)CN(C(=O)c1ccc2cn[nH]c2c1)C1CCNC1. The van der Waals surface area contributed by atoms with Crippen LogP contribution in [0.25, 0.3) is 10.9 Å². The third-order valence-electron chi connectivity index (χ3n) is 3.75. The van der Waals surface area contributed by atoms with Crippen LogP contribution in [-0.4, -0.2) is 52.6 Å². The second kappa shape index (κ2) is 5.53. The van der Waals surface area contributed by atoms with Gasteiger partial charge in [0.05, 0.1) is 18.3 Å². The smallest absolute Gasteiger partial charge is 0.254 e. The van der Waals surface area contributed by atoms with Crippen LogP contribution in [0, 0.1) is 0 Å². The van der Waals surface area contributed by atoms with Crippen LogP contribution in [0.3, 0.4) is 0 Å². The van der Waals surface area contributed by atoms with Gasteiger partial charge in [0.1, 0.15) is 0 Å². The summed E-state index contributed by atoms with van der Waals surface area (Å²) in [5, 5.41) is 10.9. The molecule has 1 fully saturated rings. The minimum Gasteiger partial charge on any atom is -0.368 e. The summed E-state index contributed by atoms with van der Waals surface area (Å²) in [6.45, 7) is 1.46. The van der Waals surface area contributed by atoms with Gasteiger partial charge in [0, 0.05) is 23.5 Å². The van der Waals surface area contributed by atoms with Crippen molar-refractivity contribution in [3.63, 3.8) is 0 Å². The molecule has 1 aromatic heterocycles. The van der Waals surface area contributed by atoms with Crippen molar-refractivity contribution in [2.75, 3.05) is 19.6 Å². The van der Waals surface area contributed by atoms with Crippen molar-refractivity contribution in [3.05, 3.63) is 30.0 Å². The van der Waals surface area contributed by atoms with Crippen molar-refractivity contribution in [2.24, 2.45) is 5.73 Å². The third kappa shape index (κ3) is 2.73. The monoisotopic (exact) mass is 287 g/mol. The van der Waals surface area contributed by atoms with E-state index in [9.17, 15) is 9.59 Å². The van der Waals surface area contributed by atoms with Crippen molar-refractivity contribution in [2.45, 2.75) is 12.5 Å². The number of nitrogens with one attached hydrogen (secondary N) is 2. The van der Waals surface area contributed by atoms with Gasteiger partial charge in [0.15, 0.2) is 0 Å². The van der Waals surface area contributed by atoms with Gasteiger partial charge in [0.2, 0.25) is 5.91 Å². The summed E-state index contributed by atoms with van der Waals surface area (Å²) >= 11 is 0. The molecule has 0 bridgehead atoms. The zero-order valence-electron chi connectivity index (χ0n) is 11.5. The van der Waals surface area contributed by atoms with Gasteiger partial charge in [-0.2, -0.15) is 5.10 Å². The zero-order valence-corrected chi connectivity index (χ0v) is 11.5. The molecule has 0 saturated carbocycles. The van der Waals surface area contributed by atoms with E-state index in [0.717, 1.165) is 23.9 Å². The van der Waals surface area contributed by atoms with Gasteiger partial charge >= 0.3 is 0 Å². The highest BCUT2D eigenvalue weighted by Crippen LogP contribution is 2.17. The topological polar surface area (TPSA) is 104 Å². The van der Waals surface area contributed by atoms with E-state index in [1.54, 1.807) is 23.2 Å². The molecule has 0 spiro atoms. The number of H-pyrrole nitrogens is 1. The van der Waals surface area contributed by atoms with Crippen molar-refractivity contribution < 1.29 is 9.59 Å². The number of fused-ring (bicyclic) bond motifs is 1. The maximum atomic E-state index is 12.7. The first-order chi connectivity index (χ1) is 10.1. The molecule has 2 heterocycles. The Hall–Kier alpha value is -2.41. The van der Waals surface area contributed by atoms with Gasteiger partial charge in [-0.1, -0.05) is 6.07 Å². The molecule has 7 heteroatoms. The summed E-state index contributed by atoms with van der Waals surface area (Å²) in [5.74, 6) is -0.683. The molecule has 1 atom stereocenters. The number of aromatic amines is 1. The molecule has 1 unspecified atom stereocenters. The molecule has 2 amide bonds. The number of hydrogen-bond acceptors (Lipinski definition) is 4. The first-order valence-corrected chi connectivity index (χ1v) is 6.88. The van der Waals surface area contributed by atoms with Gasteiger partial charge in [-0.15, -0.1) is 0 Å². The molecule has 3 rings (SSSR count). The molecule has 110 valence electrons. The molecule has 1 aliphatic rings. The Kier molecular flexibility index (Phi) is 3.57. The number of rotatable bonds is 4. The van der Waals surface area contributed by atoms with Gasteiger partial charge in [-0.3, -0.25) is 14.7 Å². The fourth-order valence-corrected chi connectivity index (χ4v) is 2.68. The molecule has 4 N–H and O–H groups in total. The maximum absolute atomic E-state index is 12.7. The zero-order chi connectivity index (χ0) is 14.8. The fraction of sp³-hybridized carbons (Fsp3) is 0.357. The Balaban J connectivity index is 1.89. The summed E-state index contributed by atoms with van der Waals surface area (Å²) in [7, 11) is 0. The highest BCUT2D eigenvalue weighted by atomic mass is 16.2. The molecular weight excluding hydrogens is 270 g/mol. The summed E-state index contributed by atoms with van der Waals surface area (Å²) in [6, 6.07) is 5.33. The van der Waals surface area contributed by atoms with Gasteiger partial charge in [-0.25, -0.2) is 0 Å². The average Bonchev–Trinajstić information content (AvgIpc) is 3.13. The fourth-order valence-electron chi connectivity index (χ4n) is 2.68. The molecule has 0 aliphatic carbocycles. The largest absolute Gasteiger partial charge is 0.368 e. The van der Waals surface area contributed by atoms with Crippen molar-refractivity contribution >= 4 is 22.7 Å². The maximum Gasteiger partial charge on any atom is 0.254 e. The van der Waals surface area contributed by atoms with Crippen LogP contribution in [0.2, 0.25) is 0 Å². The number of carbonyl (C=O) groups excluding carboxylic acids is 2. The lowest BCUT2D eigenvalue weighted by molar-refractivity contribution is -0.119. The predicted octanol–water partition coefficient (Wildman–Crippen LogP) is -0.148. The quantitative estimate of drug-likeness (QED) is 0.727. The van der Waals surface area contributed by atoms with Crippen LogP contribution in [0.4, 0.5) is 0 Å². The van der Waals surface area contributed by atoms with E-state index in [4.69, 9.17) is 5.73 Å². The second-order valence-corrected chi connectivity index (χ2v) is 5.22. The molecular formula is C14H17N5O2. The molecule has 21 heavy (non-hydrogen) atoms. The Morgan fingerprint density at radius 2 is 2.29 bits per heavy atom. The highest BCUT2D eigenvalue weighted by Gasteiger charge is 2.28. The van der Waals surface area contributed by atoms with Gasteiger partial charge < -0.3 is 16.0 Å². The predicted molar refractivity (Wildman–Crippen MR) is 77.6 cm³/mol. The lowest BCUT2D eigenvalue weighted by Crippen LogP contribution is -2.46. The summed E-state index contributed by atoms with van der Waals surface area (Å²) in [5.41, 5.74) is 6.60. The van der Waals surface area contributed by atoms with E-state index in [1.807, 2.05) is 6.07 Å². The normalized spacial score (nSPS) is 18.0. The molecule has 7 nitrogen and oxygen atoms in total. The Morgan fingerprint density at radius 3 is 3.00 bits per heavy atom. The van der Waals surface area contributed by atoms with E-state index < -0.39 is 5.91 Å². The van der Waals surface area contributed by atoms with Gasteiger partial charge in [0.25, 0.3) is 5.91 Å². The Morgan fingerprint density at radius 1 is 1.43 bits per heavy atom. The molecule has 1 saturated heterocycles. The Bertz CT molecular complexity index is 675. The summed E-state index contributed by atoms with van der Waals surface area (Å²) in [6.07, 6.45) is 2.52. The Labute approximate surface area is 121 Å². The minimum atomic E-state index is -0.502. The van der Waals surface area contributed by atoms with Crippen LogP contribution in [-0.2, 0) is 4.79 Å². The van der Waals surface area contributed by atoms with Crippen LogP contribution in [0.5, 0.6) is 0 Å². The summed E-state index contributed by atoms with van der Waals surface area (Å²) in [4.78, 5) is 25.5.